The molecule has 0 unspecified atom stereocenters. The SMILES string of the molecule is O=C(O)c1cccc(C(=O)Nc2nccnn2)n1. The van der Waals surface area contributed by atoms with Crippen LogP contribution < -0.4 is 5.32 Å². The molecule has 0 aromatic carbocycles. The average molecular weight is 245 g/mol. The minimum Gasteiger partial charge on any atom is -0.477 e. The largest absolute Gasteiger partial charge is 0.477 e. The molecule has 0 aliphatic carbocycles. The number of pyridine rings is 1. The highest BCUT2D eigenvalue weighted by atomic mass is 16.4. The van der Waals surface area contributed by atoms with E-state index in [0.717, 1.165) is 0 Å². The molecule has 2 aromatic rings. The predicted molar refractivity (Wildman–Crippen MR) is 59.0 cm³/mol. The summed E-state index contributed by atoms with van der Waals surface area (Å²) in [5.41, 5.74) is -0.253. The van der Waals surface area contributed by atoms with E-state index in [2.05, 4.69) is 25.5 Å². The molecule has 0 spiro atoms. The van der Waals surface area contributed by atoms with E-state index in [9.17, 15) is 9.59 Å². The van der Waals surface area contributed by atoms with E-state index in [-0.39, 0.29) is 17.3 Å². The van der Waals surface area contributed by atoms with Crippen LogP contribution in [0.15, 0.2) is 30.6 Å². The van der Waals surface area contributed by atoms with Crippen molar-refractivity contribution in [3.63, 3.8) is 0 Å². The van der Waals surface area contributed by atoms with Crippen molar-refractivity contribution in [3.05, 3.63) is 42.0 Å². The average Bonchev–Trinajstić information content (AvgIpc) is 2.40. The van der Waals surface area contributed by atoms with Gasteiger partial charge in [0.15, 0.2) is 0 Å². The van der Waals surface area contributed by atoms with Gasteiger partial charge in [-0.2, -0.15) is 5.10 Å². The molecule has 2 aromatic heterocycles. The fourth-order valence-corrected chi connectivity index (χ4v) is 1.15. The Morgan fingerprint density at radius 1 is 1.17 bits per heavy atom. The van der Waals surface area contributed by atoms with Gasteiger partial charge in [-0.25, -0.2) is 14.8 Å². The van der Waals surface area contributed by atoms with Gasteiger partial charge in [-0.15, -0.1) is 5.10 Å². The molecule has 8 nitrogen and oxygen atoms in total. The highest BCUT2D eigenvalue weighted by Gasteiger charge is 2.12. The zero-order valence-corrected chi connectivity index (χ0v) is 8.94. The lowest BCUT2D eigenvalue weighted by Crippen LogP contribution is -2.17. The first kappa shape index (κ1) is 11.6. The molecule has 2 heterocycles. The number of aromatic carboxylic acids is 1. The molecule has 0 atom stereocenters. The normalized spacial score (nSPS) is 9.78. The number of carbonyl (C=O) groups is 2. The molecule has 0 saturated heterocycles. The van der Waals surface area contributed by atoms with Gasteiger partial charge in [0, 0.05) is 0 Å². The lowest BCUT2D eigenvalue weighted by atomic mass is 10.3. The second-order valence-corrected chi connectivity index (χ2v) is 3.13. The smallest absolute Gasteiger partial charge is 0.354 e. The molecule has 18 heavy (non-hydrogen) atoms. The molecule has 2 rings (SSSR count). The minimum absolute atomic E-state index is 0.0185. The number of carboxylic acid groups (broad SMARTS) is 1. The number of nitrogens with zero attached hydrogens (tertiary/aromatic N) is 4. The lowest BCUT2D eigenvalue weighted by molar-refractivity contribution is 0.0690. The van der Waals surface area contributed by atoms with Crippen LogP contribution >= 0.6 is 0 Å². The molecule has 0 radical (unpaired) electrons. The molecule has 2 N–H and O–H groups in total. The van der Waals surface area contributed by atoms with Crippen molar-refractivity contribution in [2.45, 2.75) is 0 Å². The van der Waals surface area contributed by atoms with Crippen LogP contribution in [0, 0.1) is 0 Å². The molecule has 8 heteroatoms. The van der Waals surface area contributed by atoms with Crippen LogP contribution in [0.2, 0.25) is 0 Å². The van der Waals surface area contributed by atoms with Crippen molar-refractivity contribution < 1.29 is 14.7 Å². The highest BCUT2D eigenvalue weighted by Crippen LogP contribution is 2.02. The number of anilines is 1. The van der Waals surface area contributed by atoms with Crippen LogP contribution in [0.5, 0.6) is 0 Å². The number of rotatable bonds is 3. The van der Waals surface area contributed by atoms with Crippen molar-refractivity contribution in [3.8, 4) is 0 Å². The molecular weight excluding hydrogens is 238 g/mol. The van der Waals surface area contributed by atoms with E-state index in [1.807, 2.05) is 0 Å². The second-order valence-electron chi connectivity index (χ2n) is 3.13. The number of aromatic nitrogens is 4. The fourth-order valence-electron chi connectivity index (χ4n) is 1.15. The third-order valence-corrected chi connectivity index (χ3v) is 1.91. The summed E-state index contributed by atoms with van der Waals surface area (Å²) < 4.78 is 0. The lowest BCUT2D eigenvalue weighted by Gasteiger charge is -2.02. The quantitative estimate of drug-likeness (QED) is 0.793. The molecular formula is C10H7N5O3. The van der Waals surface area contributed by atoms with Crippen LogP contribution in [0.1, 0.15) is 21.0 Å². The summed E-state index contributed by atoms with van der Waals surface area (Å²) in [6, 6.07) is 4.10. The molecule has 1 amide bonds. The Labute approximate surface area is 101 Å². The third kappa shape index (κ3) is 2.61. The standard InChI is InChI=1S/C10H7N5O3/c16-8(14-10-11-4-5-12-15-10)6-2-1-3-7(13-6)9(17)18/h1-5H,(H,17,18)(H,11,14,15,16). The van der Waals surface area contributed by atoms with Gasteiger partial charge in [0.05, 0.1) is 12.4 Å². The van der Waals surface area contributed by atoms with Gasteiger partial charge in [0.2, 0.25) is 5.95 Å². The Morgan fingerprint density at radius 2 is 1.94 bits per heavy atom. The number of amides is 1. The first-order valence-corrected chi connectivity index (χ1v) is 4.82. The molecule has 0 fully saturated rings. The summed E-state index contributed by atoms with van der Waals surface area (Å²) in [5.74, 6) is -1.79. The summed E-state index contributed by atoms with van der Waals surface area (Å²) in [6.45, 7) is 0. The van der Waals surface area contributed by atoms with Gasteiger partial charge in [0.1, 0.15) is 11.4 Å². The van der Waals surface area contributed by atoms with Crippen molar-refractivity contribution >= 4 is 17.8 Å². The summed E-state index contributed by atoms with van der Waals surface area (Å²) >= 11 is 0. The van der Waals surface area contributed by atoms with Gasteiger partial charge < -0.3 is 5.11 Å². The van der Waals surface area contributed by atoms with Crippen molar-refractivity contribution in [1.29, 1.82) is 0 Å². The summed E-state index contributed by atoms with van der Waals surface area (Å²) in [6.07, 6.45) is 2.72. The van der Waals surface area contributed by atoms with Gasteiger partial charge in [-0.1, -0.05) is 6.07 Å². The van der Waals surface area contributed by atoms with Gasteiger partial charge in [-0.05, 0) is 12.1 Å². The number of carboxylic acids is 1. The molecule has 0 saturated carbocycles. The number of hydrogen-bond acceptors (Lipinski definition) is 6. The van der Waals surface area contributed by atoms with E-state index < -0.39 is 11.9 Å². The Hall–Kier alpha value is -2.90. The second kappa shape index (κ2) is 4.95. The van der Waals surface area contributed by atoms with Crippen molar-refractivity contribution in [2.75, 3.05) is 5.32 Å². The Balaban J connectivity index is 2.19. The van der Waals surface area contributed by atoms with Crippen LogP contribution in [0.25, 0.3) is 0 Å². The Bertz CT molecular complexity index is 587. The maximum absolute atomic E-state index is 11.7. The topological polar surface area (TPSA) is 118 Å². The first-order chi connectivity index (χ1) is 8.66. The summed E-state index contributed by atoms with van der Waals surface area (Å²) in [5, 5.41) is 18.2. The van der Waals surface area contributed by atoms with Gasteiger partial charge >= 0.3 is 5.97 Å². The maximum atomic E-state index is 11.7. The predicted octanol–water partition coefficient (Wildman–Crippen LogP) is 0.217. The highest BCUT2D eigenvalue weighted by molar-refractivity contribution is 6.02. The van der Waals surface area contributed by atoms with E-state index >= 15 is 0 Å². The zero-order valence-electron chi connectivity index (χ0n) is 8.94. The van der Waals surface area contributed by atoms with E-state index in [0.29, 0.717) is 0 Å². The zero-order chi connectivity index (χ0) is 13.0. The monoisotopic (exact) mass is 245 g/mol. The molecule has 90 valence electrons. The number of carbonyl (C=O) groups excluding carboxylic acids is 1. The van der Waals surface area contributed by atoms with Crippen molar-refractivity contribution in [2.24, 2.45) is 0 Å². The number of hydrogen-bond donors (Lipinski definition) is 2. The maximum Gasteiger partial charge on any atom is 0.354 e. The molecule has 0 aliphatic rings. The van der Waals surface area contributed by atoms with E-state index in [1.54, 1.807) is 0 Å². The first-order valence-electron chi connectivity index (χ1n) is 4.82. The van der Waals surface area contributed by atoms with Crippen LogP contribution in [0.3, 0.4) is 0 Å². The summed E-state index contributed by atoms with van der Waals surface area (Å²) in [7, 11) is 0. The van der Waals surface area contributed by atoms with Crippen LogP contribution in [0.4, 0.5) is 5.95 Å². The summed E-state index contributed by atoms with van der Waals surface area (Å²) in [4.78, 5) is 29.9. The molecule has 0 aliphatic heterocycles. The van der Waals surface area contributed by atoms with Crippen LogP contribution in [-0.2, 0) is 0 Å². The van der Waals surface area contributed by atoms with E-state index in [1.165, 1.54) is 30.6 Å². The van der Waals surface area contributed by atoms with Gasteiger partial charge in [-0.3, -0.25) is 10.1 Å². The minimum atomic E-state index is -1.21. The van der Waals surface area contributed by atoms with Crippen LogP contribution in [-0.4, -0.2) is 37.1 Å². The third-order valence-electron chi connectivity index (χ3n) is 1.91. The molecule has 0 bridgehead atoms. The van der Waals surface area contributed by atoms with E-state index in [4.69, 9.17) is 5.11 Å². The number of nitrogens with one attached hydrogen (secondary N) is 1. The van der Waals surface area contributed by atoms with Crippen molar-refractivity contribution in [1.82, 2.24) is 20.2 Å². The van der Waals surface area contributed by atoms with Gasteiger partial charge in [0.25, 0.3) is 5.91 Å². The fraction of sp³-hybridized carbons (Fsp3) is 0. The Morgan fingerprint density at radius 3 is 2.61 bits per heavy atom. The Kier molecular flexibility index (Phi) is 3.19.